The number of H-pyrrole nitrogens is 1. The largest absolute Gasteiger partial charge is 0.380 e. The topological polar surface area (TPSA) is 44.0 Å². The highest BCUT2D eigenvalue weighted by Crippen LogP contribution is 2.36. The number of benzene rings is 1. The Kier molecular flexibility index (Phi) is 2.52. The molecule has 0 spiro atoms. The van der Waals surface area contributed by atoms with Crippen molar-refractivity contribution in [3.63, 3.8) is 0 Å². The summed E-state index contributed by atoms with van der Waals surface area (Å²) in [5, 5.41) is 12.2. The van der Waals surface area contributed by atoms with E-state index >= 15 is 0 Å². The minimum Gasteiger partial charge on any atom is -0.380 e. The molecule has 2 aliphatic heterocycles. The van der Waals surface area contributed by atoms with Crippen LogP contribution in [0.2, 0.25) is 0 Å². The molecule has 2 aliphatic rings. The van der Waals surface area contributed by atoms with E-state index in [0.717, 1.165) is 17.6 Å². The second-order valence-corrected chi connectivity index (χ2v) is 6.00. The first kappa shape index (κ1) is 11.3. The average Bonchev–Trinajstić information content (AvgIpc) is 2.94. The van der Waals surface area contributed by atoms with Crippen LogP contribution in [0.3, 0.4) is 0 Å². The first-order chi connectivity index (χ1) is 9.31. The molecule has 1 aromatic carbocycles. The third-order valence-electron chi connectivity index (χ3n) is 4.93. The van der Waals surface area contributed by atoms with Crippen LogP contribution in [0.5, 0.6) is 0 Å². The number of rotatable bonds is 2. The molecule has 2 fully saturated rings. The lowest BCUT2D eigenvalue weighted by molar-refractivity contribution is 0.169. The summed E-state index contributed by atoms with van der Waals surface area (Å²) in [5.41, 5.74) is 2.33. The van der Waals surface area contributed by atoms with Crippen LogP contribution in [0.4, 0.5) is 5.69 Å². The number of hydrogen-bond donors (Lipinski definition) is 2. The lowest BCUT2D eigenvalue weighted by Crippen LogP contribution is -2.44. The van der Waals surface area contributed by atoms with Gasteiger partial charge in [-0.3, -0.25) is 5.10 Å². The Morgan fingerprint density at radius 1 is 1.26 bits per heavy atom. The normalized spacial score (nSPS) is 30.9. The maximum absolute atomic E-state index is 4.14. The molecule has 3 heterocycles. The standard InChI is InChI=1S/C15H20N4/c1-19-12-5-6-13(19)8-11(7-12)17-14-4-2-3-10-9-16-18-15(10)14/h2-4,9,11-13,17H,5-8H2,1H3,(H,16,18). The number of anilines is 1. The fourth-order valence-electron chi connectivity index (χ4n) is 3.84. The molecule has 2 saturated heterocycles. The molecule has 2 unspecified atom stereocenters. The number of nitrogens with one attached hydrogen (secondary N) is 2. The van der Waals surface area contributed by atoms with Gasteiger partial charge in [-0.05, 0) is 38.8 Å². The minimum absolute atomic E-state index is 0.600. The molecular formula is C15H20N4. The molecule has 2 N–H and O–H groups in total. The Morgan fingerprint density at radius 3 is 2.84 bits per heavy atom. The van der Waals surface area contributed by atoms with Crippen molar-refractivity contribution in [2.45, 2.75) is 43.8 Å². The molecule has 4 heteroatoms. The van der Waals surface area contributed by atoms with E-state index in [-0.39, 0.29) is 0 Å². The van der Waals surface area contributed by atoms with Gasteiger partial charge in [0.2, 0.25) is 0 Å². The molecule has 4 nitrogen and oxygen atoms in total. The Balaban J connectivity index is 1.57. The molecule has 0 radical (unpaired) electrons. The lowest BCUT2D eigenvalue weighted by Gasteiger charge is -2.37. The van der Waals surface area contributed by atoms with Gasteiger partial charge in [0.15, 0.2) is 0 Å². The molecule has 19 heavy (non-hydrogen) atoms. The van der Waals surface area contributed by atoms with Crippen LogP contribution in [0.1, 0.15) is 25.7 Å². The summed E-state index contributed by atoms with van der Waals surface area (Å²) in [6.45, 7) is 0. The SMILES string of the molecule is CN1C2CCC1CC(Nc1cccc3cn[nH]c13)C2. The summed E-state index contributed by atoms with van der Waals surface area (Å²) >= 11 is 0. The van der Waals surface area contributed by atoms with Crippen molar-refractivity contribution in [2.75, 3.05) is 12.4 Å². The molecule has 2 atom stereocenters. The van der Waals surface area contributed by atoms with Crippen LogP contribution in [-0.2, 0) is 0 Å². The second-order valence-electron chi connectivity index (χ2n) is 6.00. The molecule has 0 amide bonds. The molecule has 100 valence electrons. The summed E-state index contributed by atoms with van der Waals surface area (Å²) in [6, 6.07) is 8.50. The maximum atomic E-state index is 4.14. The van der Waals surface area contributed by atoms with Gasteiger partial charge in [-0.1, -0.05) is 12.1 Å². The average molecular weight is 256 g/mol. The van der Waals surface area contributed by atoms with Crippen LogP contribution in [0, 0.1) is 0 Å². The molecular weight excluding hydrogens is 236 g/mol. The van der Waals surface area contributed by atoms with Gasteiger partial charge in [0.1, 0.15) is 0 Å². The van der Waals surface area contributed by atoms with E-state index in [1.165, 1.54) is 36.8 Å². The van der Waals surface area contributed by atoms with Crippen molar-refractivity contribution in [3.8, 4) is 0 Å². The van der Waals surface area contributed by atoms with Gasteiger partial charge in [0, 0.05) is 23.5 Å². The maximum Gasteiger partial charge on any atom is 0.0881 e. The van der Waals surface area contributed by atoms with Crippen molar-refractivity contribution in [1.29, 1.82) is 0 Å². The molecule has 4 rings (SSSR count). The van der Waals surface area contributed by atoms with Crippen molar-refractivity contribution >= 4 is 16.6 Å². The molecule has 1 aromatic heterocycles. The van der Waals surface area contributed by atoms with Crippen molar-refractivity contribution < 1.29 is 0 Å². The number of hydrogen-bond acceptors (Lipinski definition) is 3. The summed E-state index contributed by atoms with van der Waals surface area (Å²) < 4.78 is 0. The first-order valence-corrected chi connectivity index (χ1v) is 7.22. The van der Waals surface area contributed by atoms with E-state index in [9.17, 15) is 0 Å². The highest BCUT2D eigenvalue weighted by Gasteiger charge is 2.38. The number of piperidine rings is 1. The quantitative estimate of drug-likeness (QED) is 0.868. The monoisotopic (exact) mass is 256 g/mol. The minimum atomic E-state index is 0.600. The van der Waals surface area contributed by atoms with E-state index in [4.69, 9.17) is 0 Å². The third kappa shape index (κ3) is 1.82. The van der Waals surface area contributed by atoms with E-state index in [1.54, 1.807) is 0 Å². The smallest absolute Gasteiger partial charge is 0.0881 e. The van der Waals surface area contributed by atoms with Gasteiger partial charge in [0.05, 0.1) is 17.4 Å². The van der Waals surface area contributed by atoms with Gasteiger partial charge < -0.3 is 10.2 Å². The Labute approximate surface area is 113 Å². The molecule has 2 bridgehead atoms. The second kappa shape index (κ2) is 4.23. The molecule has 0 saturated carbocycles. The number of fused-ring (bicyclic) bond motifs is 3. The van der Waals surface area contributed by atoms with E-state index in [1.807, 2.05) is 6.20 Å². The van der Waals surface area contributed by atoms with Gasteiger partial charge in [0.25, 0.3) is 0 Å². The van der Waals surface area contributed by atoms with Gasteiger partial charge in [-0.15, -0.1) is 0 Å². The zero-order valence-corrected chi connectivity index (χ0v) is 11.3. The van der Waals surface area contributed by atoms with Crippen LogP contribution < -0.4 is 5.32 Å². The predicted molar refractivity (Wildman–Crippen MR) is 77.3 cm³/mol. The number of para-hydroxylation sites is 1. The molecule has 0 aliphatic carbocycles. The van der Waals surface area contributed by atoms with Gasteiger partial charge in [-0.25, -0.2) is 0 Å². The van der Waals surface area contributed by atoms with Crippen LogP contribution in [0.15, 0.2) is 24.4 Å². The predicted octanol–water partition coefficient (Wildman–Crippen LogP) is 2.60. The first-order valence-electron chi connectivity index (χ1n) is 7.22. The number of aromatic amines is 1. The van der Waals surface area contributed by atoms with Crippen molar-refractivity contribution in [2.24, 2.45) is 0 Å². The highest BCUT2D eigenvalue weighted by atomic mass is 15.2. The lowest BCUT2D eigenvalue weighted by atomic mass is 9.97. The van der Waals surface area contributed by atoms with Crippen LogP contribution in [0.25, 0.3) is 10.9 Å². The van der Waals surface area contributed by atoms with E-state index in [0.29, 0.717) is 6.04 Å². The summed E-state index contributed by atoms with van der Waals surface area (Å²) in [7, 11) is 2.29. The zero-order valence-electron chi connectivity index (χ0n) is 11.3. The Hall–Kier alpha value is -1.55. The fraction of sp³-hybridized carbons (Fsp3) is 0.533. The summed E-state index contributed by atoms with van der Waals surface area (Å²) in [4.78, 5) is 2.58. The van der Waals surface area contributed by atoms with Crippen molar-refractivity contribution in [1.82, 2.24) is 15.1 Å². The Morgan fingerprint density at radius 2 is 2.05 bits per heavy atom. The summed E-state index contributed by atoms with van der Waals surface area (Å²) in [6.07, 6.45) is 7.15. The Bertz CT molecular complexity index is 577. The summed E-state index contributed by atoms with van der Waals surface area (Å²) in [5.74, 6) is 0. The van der Waals surface area contributed by atoms with Crippen molar-refractivity contribution in [3.05, 3.63) is 24.4 Å². The fourth-order valence-corrected chi connectivity index (χ4v) is 3.84. The highest BCUT2D eigenvalue weighted by molar-refractivity contribution is 5.90. The van der Waals surface area contributed by atoms with E-state index in [2.05, 4.69) is 45.7 Å². The number of nitrogens with zero attached hydrogens (tertiary/aromatic N) is 2. The zero-order chi connectivity index (χ0) is 12.8. The van der Waals surface area contributed by atoms with Crippen LogP contribution >= 0.6 is 0 Å². The van der Waals surface area contributed by atoms with Gasteiger partial charge in [-0.2, -0.15) is 5.10 Å². The van der Waals surface area contributed by atoms with Gasteiger partial charge >= 0.3 is 0 Å². The van der Waals surface area contributed by atoms with E-state index < -0.39 is 0 Å². The van der Waals surface area contributed by atoms with Crippen LogP contribution in [-0.4, -0.2) is 40.3 Å². The molecule has 2 aromatic rings. The number of aromatic nitrogens is 2. The third-order valence-corrected chi connectivity index (χ3v) is 4.93.